The molecule has 2 fully saturated rings. The summed E-state index contributed by atoms with van der Waals surface area (Å²) in [6.45, 7) is 8.79. The highest BCUT2D eigenvalue weighted by Gasteiger charge is 2.16. The molecule has 0 saturated carbocycles. The van der Waals surface area contributed by atoms with Gasteiger partial charge in [-0.25, -0.2) is 0 Å². The summed E-state index contributed by atoms with van der Waals surface area (Å²) in [6, 6.07) is 20.0. The molecular weight excluding hydrogens is 444 g/mol. The first kappa shape index (κ1) is 21.9. The first-order chi connectivity index (χ1) is 16.6. The van der Waals surface area contributed by atoms with Gasteiger partial charge in [0.15, 0.2) is 0 Å². The van der Waals surface area contributed by atoms with Crippen molar-refractivity contribution in [3.8, 4) is 11.1 Å². The van der Waals surface area contributed by atoms with Crippen molar-refractivity contribution in [1.82, 2.24) is 14.8 Å². The van der Waals surface area contributed by atoms with Gasteiger partial charge in [0, 0.05) is 78.3 Å². The van der Waals surface area contributed by atoms with E-state index in [2.05, 4.69) is 81.3 Å². The van der Waals surface area contributed by atoms with E-state index >= 15 is 0 Å². The Balaban J connectivity index is 1.28. The van der Waals surface area contributed by atoms with Crippen molar-refractivity contribution in [2.75, 3.05) is 64.4 Å². The highest BCUT2D eigenvalue weighted by Crippen LogP contribution is 2.34. The van der Waals surface area contributed by atoms with Crippen LogP contribution in [0.25, 0.3) is 32.9 Å². The van der Waals surface area contributed by atoms with Crippen LogP contribution in [0, 0.1) is 0 Å². The molecule has 0 bridgehead atoms. The summed E-state index contributed by atoms with van der Waals surface area (Å²) in [5.41, 5.74) is 7.19. The van der Waals surface area contributed by atoms with Gasteiger partial charge in [-0.15, -0.1) is 0 Å². The number of benzene rings is 3. The summed E-state index contributed by atoms with van der Waals surface area (Å²) in [5, 5.41) is 3.36. The summed E-state index contributed by atoms with van der Waals surface area (Å²) in [5.74, 6) is 0. The van der Waals surface area contributed by atoms with E-state index in [0.717, 1.165) is 69.6 Å². The quantitative estimate of drug-likeness (QED) is 0.439. The van der Waals surface area contributed by atoms with Crippen LogP contribution in [0.3, 0.4) is 0 Å². The molecule has 0 atom stereocenters. The van der Waals surface area contributed by atoms with Gasteiger partial charge in [0.1, 0.15) is 0 Å². The number of aromatic nitrogens is 1. The number of ether oxygens (including phenoxy) is 1. The summed E-state index contributed by atoms with van der Waals surface area (Å²) < 4.78 is 5.46. The lowest BCUT2D eigenvalue weighted by molar-refractivity contribution is 0.0342. The summed E-state index contributed by atoms with van der Waals surface area (Å²) in [4.78, 5) is 10.9. The summed E-state index contributed by atoms with van der Waals surface area (Å²) in [6.07, 6.45) is 0. The zero-order chi connectivity index (χ0) is 23.1. The average molecular weight is 475 g/mol. The van der Waals surface area contributed by atoms with Gasteiger partial charge in [0.25, 0.3) is 0 Å². The third kappa shape index (κ3) is 4.29. The molecule has 1 N–H and O–H groups in total. The summed E-state index contributed by atoms with van der Waals surface area (Å²) in [7, 11) is 2.20. The van der Waals surface area contributed by atoms with E-state index in [1.165, 1.54) is 38.6 Å². The number of anilines is 1. The summed E-state index contributed by atoms with van der Waals surface area (Å²) >= 11 is 6.72. The molecule has 2 aliphatic heterocycles. The number of morpholine rings is 1. The smallest absolute Gasteiger partial charge is 0.0594 e. The van der Waals surface area contributed by atoms with E-state index in [9.17, 15) is 0 Å². The topological polar surface area (TPSA) is 34.7 Å². The minimum Gasteiger partial charge on any atom is -0.379 e. The second-order valence-corrected chi connectivity index (χ2v) is 10.0. The first-order valence-electron chi connectivity index (χ1n) is 12.2. The molecule has 0 aliphatic carbocycles. The Labute approximate surface area is 205 Å². The number of rotatable bonds is 4. The van der Waals surface area contributed by atoms with E-state index in [0.29, 0.717) is 0 Å². The number of nitrogens with zero attached hydrogens (tertiary/aromatic N) is 3. The molecule has 3 aromatic carbocycles. The molecule has 0 radical (unpaired) electrons. The van der Waals surface area contributed by atoms with Crippen LogP contribution in [-0.2, 0) is 11.3 Å². The predicted molar refractivity (Wildman–Crippen MR) is 142 cm³/mol. The molecule has 1 aromatic heterocycles. The van der Waals surface area contributed by atoms with Crippen LogP contribution >= 0.6 is 11.6 Å². The number of piperazine rings is 1. The van der Waals surface area contributed by atoms with Gasteiger partial charge in [-0.2, -0.15) is 0 Å². The van der Waals surface area contributed by atoms with Gasteiger partial charge in [-0.3, -0.25) is 4.90 Å². The maximum Gasteiger partial charge on any atom is 0.0594 e. The Morgan fingerprint density at radius 2 is 1.56 bits per heavy atom. The molecule has 0 unspecified atom stereocenters. The average Bonchev–Trinajstić information content (AvgIpc) is 3.23. The van der Waals surface area contributed by atoms with Crippen LogP contribution in [-0.4, -0.2) is 74.3 Å². The van der Waals surface area contributed by atoms with Crippen molar-refractivity contribution in [2.24, 2.45) is 0 Å². The molecule has 0 amide bonds. The number of likely N-dealkylation sites (N-methyl/N-ethyl adjacent to an activating group) is 1. The maximum atomic E-state index is 6.72. The number of aromatic amines is 1. The minimum absolute atomic E-state index is 0.803. The molecule has 176 valence electrons. The van der Waals surface area contributed by atoms with Gasteiger partial charge < -0.3 is 19.5 Å². The lowest BCUT2D eigenvalue weighted by Gasteiger charge is -2.34. The lowest BCUT2D eigenvalue weighted by atomic mass is 10.0. The monoisotopic (exact) mass is 474 g/mol. The van der Waals surface area contributed by atoms with E-state index in [1.807, 2.05) is 0 Å². The molecule has 5 nitrogen and oxygen atoms in total. The van der Waals surface area contributed by atoms with Gasteiger partial charge in [-0.05, 0) is 54.1 Å². The van der Waals surface area contributed by atoms with E-state index in [4.69, 9.17) is 16.3 Å². The second-order valence-electron chi connectivity index (χ2n) is 9.60. The first-order valence-corrected chi connectivity index (χ1v) is 12.6. The van der Waals surface area contributed by atoms with Gasteiger partial charge in [0.2, 0.25) is 0 Å². The fraction of sp³-hybridized carbons (Fsp3) is 0.357. The van der Waals surface area contributed by atoms with Crippen LogP contribution in [0.2, 0.25) is 5.02 Å². The van der Waals surface area contributed by atoms with Crippen LogP contribution in [0.15, 0.2) is 54.6 Å². The predicted octanol–water partition coefficient (Wildman–Crippen LogP) is 5.23. The van der Waals surface area contributed by atoms with E-state index < -0.39 is 0 Å². The maximum absolute atomic E-state index is 6.72. The minimum atomic E-state index is 0.803. The van der Waals surface area contributed by atoms with Gasteiger partial charge >= 0.3 is 0 Å². The Morgan fingerprint density at radius 1 is 0.794 bits per heavy atom. The van der Waals surface area contributed by atoms with E-state index in [-0.39, 0.29) is 0 Å². The fourth-order valence-electron chi connectivity index (χ4n) is 5.19. The van der Waals surface area contributed by atoms with Crippen LogP contribution in [0.1, 0.15) is 5.56 Å². The molecule has 3 heterocycles. The number of halogens is 1. The lowest BCUT2D eigenvalue weighted by Crippen LogP contribution is -2.44. The molecule has 2 saturated heterocycles. The van der Waals surface area contributed by atoms with E-state index in [1.54, 1.807) is 0 Å². The molecular formula is C28H31ClN4O. The zero-order valence-electron chi connectivity index (χ0n) is 19.7. The Morgan fingerprint density at radius 3 is 2.35 bits per heavy atom. The number of nitrogens with one attached hydrogen (secondary N) is 1. The van der Waals surface area contributed by atoms with Crippen LogP contribution in [0.5, 0.6) is 0 Å². The van der Waals surface area contributed by atoms with Gasteiger partial charge in [0.05, 0.1) is 13.2 Å². The SMILES string of the molecule is CN1CCN(c2ccc3c(c2)[nH]c2ccc(-c4ccc(CN5CCOCC5)c(Cl)c4)cc23)CC1. The Kier molecular flexibility index (Phi) is 5.95. The number of hydrogen-bond acceptors (Lipinski definition) is 4. The normalized spacial score (nSPS) is 18.2. The standard InChI is InChI=1S/C28H31ClN4O/c1-31-8-10-33(11-9-31)23-5-6-24-25-16-20(4-7-27(25)30-28(24)18-23)21-2-3-22(26(29)17-21)19-32-12-14-34-15-13-32/h2-7,16-18,30H,8-15,19H2,1H3. The molecule has 6 rings (SSSR count). The second kappa shape index (κ2) is 9.23. The third-order valence-corrected chi connectivity index (χ3v) is 7.69. The highest BCUT2D eigenvalue weighted by molar-refractivity contribution is 6.31. The van der Waals surface area contributed by atoms with Crippen LogP contribution < -0.4 is 4.90 Å². The fourth-order valence-corrected chi connectivity index (χ4v) is 5.43. The van der Waals surface area contributed by atoms with Crippen LogP contribution in [0.4, 0.5) is 5.69 Å². The largest absolute Gasteiger partial charge is 0.379 e. The van der Waals surface area contributed by atoms with Crippen molar-refractivity contribution < 1.29 is 4.74 Å². The molecule has 6 heteroatoms. The Bertz CT molecular complexity index is 1320. The zero-order valence-corrected chi connectivity index (χ0v) is 20.4. The number of hydrogen-bond donors (Lipinski definition) is 1. The third-order valence-electron chi connectivity index (χ3n) is 7.33. The number of fused-ring (bicyclic) bond motifs is 3. The molecule has 34 heavy (non-hydrogen) atoms. The van der Waals surface area contributed by atoms with Crippen molar-refractivity contribution in [1.29, 1.82) is 0 Å². The van der Waals surface area contributed by atoms with Crippen molar-refractivity contribution in [3.63, 3.8) is 0 Å². The van der Waals surface area contributed by atoms with Crippen molar-refractivity contribution >= 4 is 39.1 Å². The Hall–Kier alpha value is -2.57. The highest BCUT2D eigenvalue weighted by atomic mass is 35.5. The van der Waals surface area contributed by atoms with Gasteiger partial charge in [-0.1, -0.05) is 35.9 Å². The van der Waals surface area contributed by atoms with Crippen molar-refractivity contribution in [2.45, 2.75) is 6.54 Å². The van der Waals surface area contributed by atoms with Crippen molar-refractivity contribution in [3.05, 3.63) is 65.2 Å². The molecule has 4 aromatic rings. The number of H-pyrrole nitrogens is 1. The molecule has 0 spiro atoms. The molecule has 2 aliphatic rings.